The van der Waals surface area contributed by atoms with E-state index in [0.29, 0.717) is 49.0 Å². The van der Waals surface area contributed by atoms with Crippen LogP contribution in [0.2, 0.25) is 0 Å². The van der Waals surface area contributed by atoms with Gasteiger partial charge in [0.15, 0.2) is 5.65 Å². The molecule has 1 atom stereocenters. The molecule has 13 heteroatoms. The second-order valence-electron chi connectivity index (χ2n) is 10.5. The largest absolute Gasteiger partial charge is 0.491 e. The van der Waals surface area contributed by atoms with E-state index >= 15 is 0 Å². The zero-order chi connectivity index (χ0) is 28.4. The summed E-state index contributed by atoms with van der Waals surface area (Å²) in [6, 6.07) is 9.15. The van der Waals surface area contributed by atoms with Gasteiger partial charge < -0.3 is 25.6 Å². The van der Waals surface area contributed by atoms with E-state index < -0.39 is 10.0 Å². The standard InChI is InChI=1S/C27H38N8O4S/c1-19-7-8-23-20(16-19)27(36)34-11-5-4-6-22(34)21-17-25-30-24(29-10-9-28)18-26(35(25)31-21)32(2)12-13-33(14-15-39-23)40(3,37)38/h7-8,16-18,22H,4-6,9-15,28H2,1-3H3,(H,29,30). The molecule has 3 aromatic rings. The molecule has 216 valence electrons. The Balaban J connectivity index is 1.64. The zero-order valence-electron chi connectivity index (χ0n) is 23.3. The van der Waals surface area contributed by atoms with Gasteiger partial charge in [-0.05, 0) is 38.3 Å². The van der Waals surface area contributed by atoms with Crippen molar-refractivity contribution in [2.24, 2.45) is 5.73 Å². The van der Waals surface area contributed by atoms with Gasteiger partial charge >= 0.3 is 0 Å². The van der Waals surface area contributed by atoms with Crippen LogP contribution in [-0.2, 0) is 10.0 Å². The first-order valence-corrected chi connectivity index (χ1v) is 15.6. The molecule has 40 heavy (non-hydrogen) atoms. The maximum Gasteiger partial charge on any atom is 0.258 e. The molecule has 0 aliphatic carbocycles. The third-order valence-corrected chi connectivity index (χ3v) is 8.79. The SMILES string of the molecule is Cc1ccc2c(c1)C(=O)N1CCCCC1c1cc3nc(NCCN)cc(n3n1)N(C)CCN(S(C)(=O)=O)CCO2. The molecular formula is C27H38N8O4S. The number of sulfonamides is 1. The van der Waals surface area contributed by atoms with Crippen LogP contribution in [0.5, 0.6) is 5.75 Å². The van der Waals surface area contributed by atoms with Gasteiger partial charge in [0.1, 0.15) is 24.0 Å². The van der Waals surface area contributed by atoms with E-state index in [9.17, 15) is 13.2 Å². The monoisotopic (exact) mass is 570 g/mol. The number of ether oxygens (including phenoxy) is 1. The summed E-state index contributed by atoms with van der Waals surface area (Å²) in [7, 11) is -1.60. The van der Waals surface area contributed by atoms with E-state index in [2.05, 4.69) is 5.32 Å². The number of aryl methyl sites for hydroxylation is 1. The molecule has 5 rings (SSSR count). The van der Waals surface area contributed by atoms with Crippen LogP contribution < -0.4 is 20.7 Å². The Bertz CT molecular complexity index is 1490. The number of piperidine rings is 1. The minimum Gasteiger partial charge on any atom is -0.491 e. The number of hydrogen-bond donors (Lipinski definition) is 2. The van der Waals surface area contributed by atoms with Gasteiger partial charge in [0.2, 0.25) is 10.0 Å². The lowest BCUT2D eigenvalue weighted by atomic mass is 9.97. The predicted molar refractivity (Wildman–Crippen MR) is 155 cm³/mol. The van der Waals surface area contributed by atoms with Crippen molar-refractivity contribution in [2.45, 2.75) is 32.2 Å². The Morgan fingerprint density at radius 1 is 1.12 bits per heavy atom. The molecule has 1 amide bonds. The highest BCUT2D eigenvalue weighted by molar-refractivity contribution is 7.88. The number of benzene rings is 1. The molecule has 2 aliphatic heterocycles. The number of amides is 1. The third-order valence-electron chi connectivity index (χ3n) is 7.49. The number of nitrogens with one attached hydrogen (secondary N) is 1. The summed E-state index contributed by atoms with van der Waals surface area (Å²) in [4.78, 5) is 22.7. The number of rotatable bonds is 4. The second kappa shape index (κ2) is 11.6. The molecule has 12 nitrogen and oxygen atoms in total. The maximum absolute atomic E-state index is 14.0. The lowest BCUT2D eigenvalue weighted by Gasteiger charge is -2.35. The van der Waals surface area contributed by atoms with E-state index in [1.165, 1.54) is 10.6 Å². The minimum atomic E-state index is -3.50. The van der Waals surface area contributed by atoms with Crippen LogP contribution in [0, 0.1) is 6.92 Å². The van der Waals surface area contributed by atoms with Crippen LogP contribution in [0.3, 0.4) is 0 Å². The number of fused-ring (bicyclic) bond motifs is 4. The van der Waals surface area contributed by atoms with Crippen LogP contribution in [0.4, 0.5) is 11.6 Å². The van der Waals surface area contributed by atoms with Crippen molar-refractivity contribution in [1.82, 2.24) is 23.8 Å². The Morgan fingerprint density at radius 3 is 2.73 bits per heavy atom. The molecule has 1 aromatic carbocycles. The average molecular weight is 571 g/mol. The number of carbonyl (C=O) groups is 1. The number of anilines is 2. The highest BCUT2D eigenvalue weighted by Crippen LogP contribution is 2.35. The number of nitrogens with zero attached hydrogens (tertiary/aromatic N) is 6. The molecule has 0 radical (unpaired) electrons. The van der Waals surface area contributed by atoms with Gasteiger partial charge in [0.25, 0.3) is 5.91 Å². The van der Waals surface area contributed by atoms with E-state index in [4.69, 9.17) is 20.6 Å². The fraction of sp³-hybridized carbons (Fsp3) is 0.519. The first-order chi connectivity index (χ1) is 19.2. The maximum atomic E-state index is 14.0. The Kier molecular flexibility index (Phi) is 8.15. The van der Waals surface area contributed by atoms with Crippen molar-refractivity contribution < 1.29 is 17.9 Å². The molecule has 2 aromatic heterocycles. The molecule has 0 saturated carbocycles. The van der Waals surface area contributed by atoms with Gasteiger partial charge in [-0.1, -0.05) is 11.6 Å². The van der Waals surface area contributed by atoms with Gasteiger partial charge in [-0.3, -0.25) is 4.79 Å². The number of nitrogens with two attached hydrogens (primary N) is 1. The molecule has 2 bridgehead atoms. The predicted octanol–water partition coefficient (Wildman–Crippen LogP) is 1.87. The Hall–Kier alpha value is -3.42. The number of hydrogen-bond acceptors (Lipinski definition) is 9. The molecule has 0 spiro atoms. The minimum absolute atomic E-state index is 0.122. The number of aromatic nitrogens is 3. The topological polar surface area (TPSA) is 138 Å². The van der Waals surface area contributed by atoms with E-state index in [1.807, 2.05) is 48.0 Å². The van der Waals surface area contributed by atoms with Crippen LogP contribution in [-0.4, -0.2) is 97.3 Å². The first kappa shape index (κ1) is 28.1. The van der Waals surface area contributed by atoms with E-state index in [0.717, 1.165) is 36.3 Å². The summed E-state index contributed by atoms with van der Waals surface area (Å²) in [6.45, 7) is 4.49. The Morgan fingerprint density at radius 2 is 1.95 bits per heavy atom. The van der Waals surface area contributed by atoms with Crippen LogP contribution in [0.15, 0.2) is 30.3 Å². The molecule has 4 heterocycles. The average Bonchev–Trinajstić information content (AvgIpc) is 3.36. The van der Waals surface area contributed by atoms with Crippen molar-refractivity contribution in [3.05, 3.63) is 47.2 Å². The lowest BCUT2D eigenvalue weighted by molar-refractivity contribution is 0.0601. The van der Waals surface area contributed by atoms with Gasteiger partial charge in [-0.15, -0.1) is 0 Å². The van der Waals surface area contributed by atoms with Gasteiger partial charge in [0, 0.05) is 58.4 Å². The van der Waals surface area contributed by atoms with Gasteiger partial charge in [-0.25, -0.2) is 13.4 Å². The second-order valence-corrected chi connectivity index (χ2v) is 12.5. The molecule has 1 fully saturated rings. The van der Waals surface area contributed by atoms with Gasteiger partial charge in [0.05, 0.1) is 23.6 Å². The summed E-state index contributed by atoms with van der Waals surface area (Å²) < 4.78 is 34.5. The fourth-order valence-electron chi connectivity index (χ4n) is 5.35. The van der Waals surface area contributed by atoms with Crippen molar-refractivity contribution in [3.8, 4) is 5.75 Å². The smallest absolute Gasteiger partial charge is 0.258 e. The summed E-state index contributed by atoms with van der Waals surface area (Å²) in [5, 5.41) is 8.21. The van der Waals surface area contributed by atoms with Crippen LogP contribution in [0.1, 0.15) is 46.9 Å². The summed E-state index contributed by atoms with van der Waals surface area (Å²) in [5.74, 6) is 1.73. The van der Waals surface area contributed by atoms with Crippen LogP contribution in [0.25, 0.3) is 5.65 Å². The summed E-state index contributed by atoms with van der Waals surface area (Å²) in [6.07, 6.45) is 3.89. The highest BCUT2D eigenvalue weighted by Gasteiger charge is 2.33. The lowest BCUT2D eigenvalue weighted by Crippen LogP contribution is -2.40. The number of carbonyl (C=O) groups excluding carboxylic acids is 1. The Labute approximate surface area is 235 Å². The van der Waals surface area contributed by atoms with Crippen LogP contribution >= 0.6 is 0 Å². The molecule has 1 unspecified atom stereocenters. The van der Waals surface area contributed by atoms with Crippen molar-refractivity contribution in [2.75, 3.05) is 69.4 Å². The van der Waals surface area contributed by atoms with Crippen molar-refractivity contribution in [3.63, 3.8) is 0 Å². The normalized spacial score (nSPS) is 19.4. The summed E-state index contributed by atoms with van der Waals surface area (Å²) in [5.41, 5.74) is 8.54. The van der Waals surface area contributed by atoms with Crippen molar-refractivity contribution >= 4 is 33.2 Å². The highest BCUT2D eigenvalue weighted by atomic mass is 32.2. The molecule has 1 saturated heterocycles. The van der Waals surface area contributed by atoms with Crippen molar-refractivity contribution in [1.29, 1.82) is 0 Å². The third kappa shape index (κ3) is 5.86. The fourth-order valence-corrected chi connectivity index (χ4v) is 6.17. The van der Waals surface area contributed by atoms with E-state index in [1.54, 1.807) is 10.6 Å². The number of likely N-dealkylation sites (N-methyl/N-ethyl adjacent to an activating group) is 1. The quantitative estimate of drug-likeness (QED) is 0.481. The zero-order valence-corrected chi connectivity index (χ0v) is 24.2. The molecule has 3 N–H and O–H groups in total. The molecular weight excluding hydrogens is 532 g/mol. The van der Waals surface area contributed by atoms with Gasteiger partial charge in [-0.2, -0.15) is 13.9 Å². The summed E-state index contributed by atoms with van der Waals surface area (Å²) >= 11 is 0. The first-order valence-electron chi connectivity index (χ1n) is 13.7. The van der Waals surface area contributed by atoms with E-state index in [-0.39, 0.29) is 31.6 Å². The molecule has 2 aliphatic rings.